The number of allylic oxidation sites excluding steroid dienone is 6. The molecular weight excluding hydrogens is 899 g/mol. The number of halogens is 6. The topological polar surface area (TPSA) is 241 Å². The number of Topliss-reactive ketones (excluding diaryl/α,β-unsaturated/α-hetero) is 6. The fraction of sp³-hybridized carbons (Fsp3) is 0. The SMILES string of the molecule is O=C1C([O-])=C(Cl)C(=O)C([O-])=C1Cl.O=C1C([O-])=C(Cl)C(=O)C([O-])=C1Cl.O=C1C([O-])=C(Cl)C(=O)C([O-])=C1Cl.[La+3].[La+3]. The number of carbonyl (C=O) groups is 6. The van der Waals surface area contributed by atoms with Crippen LogP contribution < -0.4 is 30.6 Å². The summed E-state index contributed by atoms with van der Waals surface area (Å²) in [7, 11) is 0. The Hall–Kier alpha value is -0.610. The molecule has 0 unspecified atom stereocenters. The summed E-state index contributed by atoms with van der Waals surface area (Å²) in [6, 6.07) is 0. The molecule has 3 aliphatic rings. The maximum atomic E-state index is 10.7. The van der Waals surface area contributed by atoms with E-state index in [1.54, 1.807) is 0 Å². The minimum absolute atomic E-state index is 0. The molecule has 0 amide bonds. The van der Waals surface area contributed by atoms with Crippen LogP contribution in [0.15, 0.2) is 64.7 Å². The molecule has 0 aromatic carbocycles. The van der Waals surface area contributed by atoms with E-state index < -0.39 is 99.4 Å². The smallest absolute Gasteiger partial charge is 0.869 e. The first-order valence-corrected chi connectivity index (χ1v) is 10.4. The van der Waals surface area contributed by atoms with Gasteiger partial charge in [-0.15, -0.1) is 0 Å². The van der Waals surface area contributed by atoms with E-state index in [1.807, 2.05) is 0 Å². The van der Waals surface area contributed by atoms with E-state index in [0.717, 1.165) is 0 Å². The van der Waals surface area contributed by atoms with Crippen LogP contribution in [0.25, 0.3) is 0 Å². The first-order chi connectivity index (χ1) is 16.4. The molecule has 0 atom stereocenters. The Kier molecular flexibility index (Phi) is 16.6. The van der Waals surface area contributed by atoms with Gasteiger partial charge in [-0.3, -0.25) is 28.8 Å². The van der Waals surface area contributed by atoms with Gasteiger partial charge in [0.2, 0.25) is 0 Å². The normalized spacial score (nSPS) is 18.2. The molecule has 20 heteroatoms. The van der Waals surface area contributed by atoms with Gasteiger partial charge in [-0.05, 0) is 34.6 Å². The van der Waals surface area contributed by atoms with Crippen molar-refractivity contribution in [3.8, 4) is 0 Å². The molecule has 0 fully saturated rings. The second kappa shape index (κ2) is 16.0. The van der Waals surface area contributed by atoms with E-state index in [4.69, 9.17) is 69.6 Å². The third-order valence-electron chi connectivity index (χ3n) is 3.63. The molecule has 38 heavy (non-hydrogen) atoms. The Morgan fingerprint density at radius 3 is 0.447 bits per heavy atom. The van der Waals surface area contributed by atoms with Crippen molar-refractivity contribution in [2.45, 2.75) is 0 Å². The van der Waals surface area contributed by atoms with Crippen molar-refractivity contribution in [3.05, 3.63) is 64.7 Å². The van der Waals surface area contributed by atoms with Gasteiger partial charge >= 0.3 is 71.2 Å². The average molecular weight is 899 g/mol. The molecule has 0 bridgehead atoms. The van der Waals surface area contributed by atoms with Gasteiger partial charge in [0.1, 0.15) is 0 Å². The van der Waals surface area contributed by atoms with Crippen LogP contribution in [0.5, 0.6) is 0 Å². The molecule has 0 spiro atoms. The molecule has 0 saturated carbocycles. The Bertz CT molecular complexity index is 1010. The van der Waals surface area contributed by atoms with E-state index in [1.165, 1.54) is 0 Å². The molecule has 0 N–H and O–H groups in total. The molecule has 0 radical (unpaired) electrons. The molecule has 0 aromatic rings. The van der Waals surface area contributed by atoms with Crippen LogP contribution in [0.4, 0.5) is 0 Å². The zero-order valence-electron chi connectivity index (χ0n) is 17.3. The van der Waals surface area contributed by atoms with Crippen LogP contribution >= 0.6 is 69.6 Å². The third kappa shape index (κ3) is 8.21. The summed E-state index contributed by atoms with van der Waals surface area (Å²) < 4.78 is 0. The summed E-state index contributed by atoms with van der Waals surface area (Å²) in [5.41, 5.74) is 0. The Morgan fingerprint density at radius 1 is 0.289 bits per heavy atom. The molecule has 0 heterocycles. The Balaban J connectivity index is 0. The first-order valence-electron chi connectivity index (χ1n) is 8.08. The van der Waals surface area contributed by atoms with E-state index in [2.05, 4.69) is 0 Å². The molecule has 192 valence electrons. The number of rotatable bonds is 0. The molecule has 0 aliphatic heterocycles. The monoisotopic (exact) mass is 896 g/mol. The molecule has 0 aromatic heterocycles. The second-order valence-electron chi connectivity index (χ2n) is 5.83. The van der Waals surface area contributed by atoms with Gasteiger partial charge in [0.15, 0.2) is 34.7 Å². The number of hydrogen-bond donors (Lipinski definition) is 0. The first kappa shape index (κ1) is 39.5. The maximum Gasteiger partial charge on any atom is 3.00 e. The average Bonchev–Trinajstić information content (AvgIpc) is 2.87. The van der Waals surface area contributed by atoms with E-state index in [9.17, 15) is 59.4 Å². The van der Waals surface area contributed by atoms with Crippen LogP contribution in [0.1, 0.15) is 0 Å². The quantitative estimate of drug-likeness (QED) is 0.214. The number of carbonyl (C=O) groups excluding carboxylic acids is 6. The molecule has 3 rings (SSSR count). The summed E-state index contributed by atoms with van der Waals surface area (Å²) in [6.45, 7) is 0. The van der Waals surface area contributed by atoms with Gasteiger partial charge in [-0.25, -0.2) is 0 Å². The third-order valence-corrected chi connectivity index (χ3v) is 5.69. The van der Waals surface area contributed by atoms with Crippen molar-refractivity contribution in [2.24, 2.45) is 0 Å². The van der Waals surface area contributed by atoms with Crippen LogP contribution in [0.3, 0.4) is 0 Å². The fourth-order valence-electron chi connectivity index (χ4n) is 1.81. The minimum Gasteiger partial charge on any atom is -0.869 e. The zero-order chi connectivity index (χ0) is 28.4. The molecule has 12 nitrogen and oxygen atoms in total. The zero-order valence-corrected chi connectivity index (χ0v) is 29.1. The fourth-order valence-corrected chi connectivity index (χ4v) is 2.84. The molecule has 3 aliphatic carbocycles. The Morgan fingerprint density at radius 2 is 0.368 bits per heavy atom. The van der Waals surface area contributed by atoms with Gasteiger partial charge < -0.3 is 30.6 Å². The van der Waals surface area contributed by atoms with E-state index >= 15 is 0 Å². The predicted octanol–water partition coefficient (Wildman–Crippen LogP) is -3.72. The van der Waals surface area contributed by atoms with Gasteiger partial charge in [0, 0.05) is 0 Å². The van der Waals surface area contributed by atoms with E-state index in [-0.39, 0.29) is 71.2 Å². The minimum atomic E-state index is -1.23. The van der Waals surface area contributed by atoms with Gasteiger partial charge in [0.25, 0.3) is 0 Å². The van der Waals surface area contributed by atoms with Crippen molar-refractivity contribution in [1.29, 1.82) is 0 Å². The summed E-state index contributed by atoms with van der Waals surface area (Å²) >= 11 is 30.5. The van der Waals surface area contributed by atoms with Gasteiger partial charge in [-0.1, -0.05) is 69.6 Å². The van der Waals surface area contributed by atoms with Gasteiger partial charge in [0.05, 0.1) is 30.2 Å². The largest absolute Gasteiger partial charge is 3.00 e. The van der Waals surface area contributed by atoms with Crippen molar-refractivity contribution in [2.75, 3.05) is 0 Å². The second-order valence-corrected chi connectivity index (χ2v) is 8.10. The summed E-state index contributed by atoms with van der Waals surface area (Å²) in [4.78, 5) is 64.2. The van der Waals surface area contributed by atoms with Crippen molar-refractivity contribution in [3.63, 3.8) is 0 Å². The summed E-state index contributed by atoms with van der Waals surface area (Å²) in [6.07, 6.45) is 0. The summed E-state index contributed by atoms with van der Waals surface area (Å²) in [5.74, 6) is -14.8. The number of ketones is 6. The maximum absolute atomic E-state index is 10.7. The molecule has 0 saturated heterocycles. The summed E-state index contributed by atoms with van der Waals surface area (Å²) in [5, 5.41) is 58.8. The van der Waals surface area contributed by atoms with Crippen LogP contribution in [0, 0.1) is 71.2 Å². The Labute approximate surface area is 296 Å². The van der Waals surface area contributed by atoms with Crippen molar-refractivity contribution < 1.29 is 131 Å². The van der Waals surface area contributed by atoms with Crippen molar-refractivity contribution in [1.82, 2.24) is 0 Å². The number of hydrogen-bond acceptors (Lipinski definition) is 12. The van der Waals surface area contributed by atoms with Gasteiger partial charge in [-0.2, -0.15) is 0 Å². The predicted molar refractivity (Wildman–Crippen MR) is 107 cm³/mol. The molecular formula is C18Cl6La2O12. The van der Waals surface area contributed by atoms with Crippen LogP contribution in [-0.2, 0) is 28.8 Å². The van der Waals surface area contributed by atoms with E-state index in [0.29, 0.717) is 0 Å². The van der Waals surface area contributed by atoms with Crippen molar-refractivity contribution >= 4 is 104 Å². The van der Waals surface area contributed by atoms with Crippen LogP contribution in [-0.4, -0.2) is 34.7 Å². The van der Waals surface area contributed by atoms with Crippen LogP contribution in [0.2, 0.25) is 0 Å². The standard InChI is InChI=1S/3C6H2Cl2O4.2La/c3*7-1-3(9)5(11)2(8)6(12)4(1)10;;/h3*9,12H;;/q;;;2*+3/p-6.